The molecule has 0 saturated heterocycles. The van der Waals surface area contributed by atoms with Crippen LogP contribution < -0.4 is 4.90 Å². The van der Waals surface area contributed by atoms with E-state index < -0.39 is 0 Å². The Morgan fingerprint density at radius 1 is 0.390 bits per heavy atom. The predicted octanol–water partition coefficient (Wildman–Crippen LogP) is 15.2. The van der Waals surface area contributed by atoms with Gasteiger partial charge in [-0.2, -0.15) is 0 Å². The third kappa shape index (κ3) is 5.42. The Morgan fingerprint density at radius 2 is 0.966 bits per heavy atom. The van der Waals surface area contributed by atoms with Gasteiger partial charge >= 0.3 is 0 Å². The van der Waals surface area contributed by atoms with Crippen molar-refractivity contribution in [3.8, 4) is 28.3 Å². The van der Waals surface area contributed by atoms with Crippen LogP contribution in [0.5, 0.6) is 0 Å². The molecular formula is C55H35N3O. The van der Waals surface area contributed by atoms with Crippen LogP contribution >= 0.6 is 0 Å². The van der Waals surface area contributed by atoms with Crippen molar-refractivity contribution in [2.24, 2.45) is 0 Å². The Balaban J connectivity index is 1.05. The molecule has 0 bridgehead atoms. The number of para-hydroxylation sites is 2. The lowest BCUT2D eigenvalue weighted by Gasteiger charge is -2.27. The van der Waals surface area contributed by atoms with Gasteiger partial charge in [0.15, 0.2) is 5.58 Å². The summed E-state index contributed by atoms with van der Waals surface area (Å²) in [5.41, 5.74) is 11.7. The van der Waals surface area contributed by atoms with Crippen molar-refractivity contribution in [2.75, 3.05) is 4.90 Å². The lowest BCUT2D eigenvalue weighted by molar-refractivity contribution is 0.623. The van der Waals surface area contributed by atoms with Crippen LogP contribution in [-0.4, -0.2) is 9.55 Å². The zero-order chi connectivity index (χ0) is 38.9. The lowest BCUT2D eigenvalue weighted by Crippen LogP contribution is -2.10. The fourth-order valence-corrected chi connectivity index (χ4v) is 9.03. The minimum atomic E-state index is 0.629. The van der Waals surface area contributed by atoms with Crippen molar-refractivity contribution in [2.45, 2.75) is 0 Å². The highest BCUT2D eigenvalue weighted by atomic mass is 16.3. The highest BCUT2D eigenvalue weighted by Crippen LogP contribution is 2.43. The maximum Gasteiger partial charge on any atom is 0.227 e. The van der Waals surface area contributed by atoms with Gasteiger partial charge in [-0.05, 0) is 105 Å². The Hall–Kier alpha value is -7.95. The van der Waals surface area contributed by atoms with E-state index >= 15 is 0 Å². The summed E-state index contributed by atoms with van der Waals surface area (Å²) in [5.74, 6) is 0.629. The smallest absolute Gasteiger partial charge is 0.227 e. The van der Waals surface area contributed by atoms with Gasteiger partial charge in [0.25, 0.3) is 0 Å². The van der Waals surface area contributed by atoms with E-state index in [2.05, 4.69) is 191 Å². The summed E-state index contributed by atoms with van der Waals surface area (Å²) in [5, 5.41) is 9.34. The number of hydrogen-bond donors (Lipinski definition) is 0. The topological polar surface area (TPSA) is 34.2 Å². The summed E-state index contributed by atoms with van der Waals surface area (Å²) < 4.78 is 9.00. The monoisotopic (exact) mass is 753 g/mol. The zero-order valence-electron chi connectivity index (χ0n) is 32.0. The minimum absolute atomic E-state index is 0.629. The molecule has 12 aromatic rings. The average molecular weight is 754 g/mol. The van der Waals surface area contributed by atoms with Crippen LogP contribution in [0, 0.1) is 0 Å². The Labute approximate surface area is 340 Å². The first kappa shape index (κ1) is 33.2. The summed E-state index contributed by atoms with van der Waals surface area (Å²) in [6.45, 7) is 0. The molecule has 4 nitrogen and oxygen atoms in total. The van der Waals surface area contributed by atoms with Crippen molar-refractivity contribution in [1.29, 1.82) is 0 Å². The molecule has 4 heteroatoms. The van der Waals surface area contributed by atoms with E-state index in [1.54, 1.807) is 0 Å². The number of hydrogen-bond acceptors (Lipinski definition) is 3. The molecule has 59 heavy (non-hydrogen) atoms. The van der Waals surface area contributed by atoms with E-state index in [1.807, 2.05) is 30.3 Å². The molecule has 0 amide bonds. The van der Waals surface area contributed by atoms with Crippen LogP contribution in [0.3, 0.4) is 0 Å². The first-order valence-electron chi connectivity index (χ1n) is 20.0. The second-order valence-corrected chi connectivity index (χ2v) is 15.2. The van der Waals surface area contributed by atoms with Gasteiger partial charge < -0.3 is 13.9 Å². The van der Waals surface area contributed by atoms with Gasteiger partial charge in [0.2, 0.25) is 5.89 Å². The summed E-state index contributed by atoms with van der Waals surface area (Å²) in [7, 11) is 0. The van der Waals surface area contributed by atoms with E-state index in [0.717, 1.165) is 61.0 Å². The van der Waals surface area contributed by atoms with Gasteiger partial charge in [-0.1, -0.05) is 140 Å². The minimum Gasteiger partial charge on any atom is -0.435 e. The number of aromatic nitrogens is 2. The molecule has 0 spiro atoms. The van der Waals surface area contributed by atoms with E-state index in [-0.39, 0.29) is 0 Å². The molecule has 2 heterocycles. The third-order valence-electron chi connectivity index (χ3n) is 11.8. The molecule has 276 valence electrons. The van der Waals surface area contributed by atoms with Crippen LogP contribution in [0.25, 0.3) is 93.5 Å². The van der Waals surface area contributed by atoms with Crippen molar-refractivity contribution < 1.29 is 4.42 Å². The molecule has 0 fully saturated rings. The Morgan fingerprint density at radius 3 is 1.69 bits per heavy atom. The van der Waals surface area contributed by atoms with Crippen molar-refractivity contribution >= 4 is 82.3 Å². The number of fused-ring (bicyclic) bond motifs is 10. The van der Waals surface area contributed by atoms with Crippen LogP contribution in [0.1, 0.15) is 0 Å². The van der Waals surface area contributed by atoms with Gasteiger partial charge in [0, 0.05) is 49.9 Å². The highest BCUT2D eigenvalue weighted by Gasteiger charge is 2.19. The molecule has 0 aliphatic heterocycles. The third-order valence-corrected chi connectivity index (χ3v) is 11.8. The van der Waals surface area contributed by atoms with Gasteiger partial charge in [0.05, 0.1) is 11.0 Å². The SMILES string of the molecule is c1ccc(-c2ccc(N(c3cccc(-n4c5ccccc5c5ccccc54)c3)c3ccc4c(ccc5ccc6ccc7nc(-c8ccccc8)oc7c6c54)c3)cc2)cc1. The first-order chi connectivity index (χ1) is 29.2. The summed E-state index contributed by atoms with van der Waals surface area (Å²) in [6, 6.07) is 75.9. The largest absolute Gasteiger partial charge is 0.435 e. The number of oxazole rings is 1. The molecule has 0 unspecified atom stereocenters. The number of rotatable bonds is 6. The summed E-state index contributed by atoms with van der Waals surface area (Å²) >= 11 is 0. The Bertz CT molecular complexity index is 3490. The van der Waals surface area contributed by atoms with Gasteiger partial charge in [0.1, 0.15) is 5.52 Å². The molecule has 0 aliphatic rings. The van der Waals surface area contributed by atoms with Crippen LogP contribution in [0.15, 0.2) is 217 Å². The summed E-state index contributed by atoms with van der Waals surface area (Å²) in [4.78, 5) is 7.31. The molecular weight excluding hydrogens is 719 g/mol. The molecule has 0 atom stereocenters. The van der Waals surface area contributed by atoms with Crippen molar-refractivity contribution in [3.63, 3.8) is 0 Å². The molecule has 0 saturated carbocycles. The first-order valence-corrected chi connectivity index (χ1v) is 20.0. The van der Waals surface area contributed by atoms with Crippen LogP contribution in [-0.2, 0) is 0 Å². The normalized spacial score (nSPS) is 11.7. The average Bonchev–Trinajstić information content (AvgIpc) is 3.90. The standard InChI is InChI=1S/C55H35N3O/c1-3-12-36(13-4-1)37-26-29-42(30-27-37)57(43-16-11-17-44(35-43)58-50-20-9-7-18-47(50)48-19-8-10-21-51(48)58)45-31-32-46-41(34-45)25-24-38-22-23-39-28-33-49-54(53(39)52(38)46)59-55(56-49)40-14-5-2-6-15-40/h1-35H. The molecule has 10 aromatic carbocycles. The maximum absolute atomic E-state index is 6.62. The second kappa shape index (κ2) is 13.3. The number of nitrogens with zero attached hydrogens (tertiary/aromatic N) is 3. The molecule has 2 aromatic heterocycles. The molecule has 0 aliphatic carbocycles. The lowest BCUT2D eigenvalue weighted by atomic mass is 9.95. The molecule has 0 radical (unpaired) electrons. The molecule has 12 rings (SSSR count). The van der Waals surface area contributed by atoms with Crippen LogP contribution in [0.2, 0.25) is 0 Å². The predicted molar refractivity (Wildman–Crippen MR) is 246 cm³/mol. The fraction of sp³-hybridized carbons (Fsp3) is 0. The maximum atomic E-state index is 6.62. The fourth-order valence-electron chi connectivity index (χ4n) is 9.03. The summed E-state index contributed by atoms with van der Waals surface area (Å²) in [6.07, 6.45) is 0. The van der Waals surface area contributed by atoms with E-state index in [9.17, 15) is 0 Å². The second-order valence-electron chi connectivity index (χ2n) is 15.2. The van der Waals surface area contributed by atoms with Crippen molar-refractivity contribution in [1.82, 2.24) is 9.55 Å². The van der Waals surface area contributed by atoms with Gasteiger partial charge in [-0.3, -0.25) is 0 Å². The molecule has 0 N–H and O–H groups in total. The number of anilines is 3. The van der Waals surface area contributed by atoms with E-state index in [0.29, 0.717) is 5.89 Å². The van der Waals surface area contributed by atoms with Crippen LogP contribution in [0.4, 0.5) is 17.1 Å². The highest BCUT2D eigenvalue weighted by molar-refractivity contribution is 6.26. The van der Waals surface area contributed by atoms with E-state index in [1.165, 1.54) is 43.7 Å². The van der Waals surface area contributed by atoms with Crippen molar-refractivity contribution in [3.05, 3.63) is 212 Å². The quantitative estimate of drug-likeness (QED) is 0.159. The number of benzene rings is 10. The Kier molecular flexibility index (Phi) is 7.50. The zero-order valence-corrected chi connectivity index (χ0v) is 32.0. The van der Waals surface area contributed by atoms with E-state index in [4.69, 9.17) is 9.40 Å². The van der Waals surface area contributed by atoms with Gasteiger partial charge in [-0.25, -0.2) is 4.98 Å². The van der Waals surface area contributed by atoms with Gasteiger partial charge in [-0.15, -0.1) is 0 Å².